The highest BCUT2D eigenvalue weighted by atomic mass is 16.2. The van der Waals surface area contributed by atoms with Crippen molar-refractivity contribution in [1.82, 2.24) is 14.7 Å². The van der Waals surface area contributed by atoms with Gasteiger partial charge >= 0.3 is 0 Å². The van der Waals surface area contributed by atoms with Crippen LogP contribution in [0.2, 0.25) is 0 Å². The van der Waals surface area contributed by atoms with Crippen LogP contribution in [-0.2, 0) is 11.2 Å². The molecule has 3 saturated heterocycles. The Labute approximate surface area is 190 Å². The maximum Gasteiger partial charge on any atom is 0.229 e. The summed E-state index contributed by atoms with van der Waals surface area (Å²) in [6.45, 7) is 14.7. The van der Waals surface area contributed by atoms with E-state index in [1.807, 2.05) is 0 Å². The minimum absolute atomic E-state index is 0.108. The second-order valence-corrected chi connectivity index (χ2v) is 11.1. The largest absolute Gasteiger partial charge is 0.339 e. The number of hydrogen-bond donors (Lipinski definition) is 0. The zero-order chi connectivity index (χ0) is 22.0. The van der Waals surface area contributed by atoms with Crippen molar-refractivity contribution < 1.29 is 4.79 Å². The van der Waals surface area contributed by atoms with Crippen LogP contribution < -0.4 is 0 Å². The fourth-order valence-corrected chi connectivity index (χ4v) is 6.32. The number of piperidine rings is 2. The van der Waals surface area contributed by atoms with Crippen molar-refractivity contribution in [3.8, 4) is 0 Å². The topological polar surface area (TPSA) is 26.8 Å². The molecule has 3 aliphatic rings. The van der Waals surface area contributed by atoms with E-state index >= 15 is 0 Å². The molecule has 1 atom stereocenters. The molecule has 3 fully saturated rings. The van der Waals surface area contributed by atoms with Gasteiger partial charge in [-0.15, -0.1) is 0 Å². The average molecular weight is 426 g/mol. The Kier molecular flexibility index (Phi) is 7.07. The number of amides is 1. The summed E-state index contributed by atoms with van der Waals surface area (Å²) in [5.41, 5.74) is 1.25. The van der Waals surface area contributed by atoms with Crippen molar-refractivity contribution in [2.45, 2.75) is 84.3 Å². The van der Waals surface area contributed by atoms with E-state index in [-0.39, 0.29) is 5.41 Å². The van der Waals surface area contributed by atoms with E-state index in [1.165, 1.54) is 31.5 Å². The first-order valence-electron chi connectivity index (χ1n) is 12.7. The summed E-state index contributed by atoms with van der Waals surface area (Å²) < 4.78 is 0. The number of likely N-dealkylation sites (tertiary alicyclic amines) is 3. The second kappa shape index (κ2) is 9.62. The van der Waals surface area contributed by atoms with Crippen LogP contribution in [-0.4, -0.2) is 71.5 Å². The zero-order valence-corrected chi connectivity index (χ0v) is 20.2. The van der Waals surface area contributed by atoms with Crippen molar-refractivity contribution in [2.24, 2.45) is 11.3 Å². The van der Waals surface area contributed by atoms with Gasteiger partial charge in [-0.1, -0.05) is 44.2 Å². The van der Waals surface area contributed by atoms with E-state index in [0.29, 0.717) is 23.9 Å². The van der Waals surface area contributed by atoms with Gasteiger partial charge in [-0.05, 0) is 90.0 Å². The smallest absolute Gasteiger partial charge is 0.229 e. The minimum atomic E-state index is -0.108. The minimum Gasteiger partial charge on any atom is -0.339 e. The predicted molar refractivity (Wildman–Crippen MR) is 128 cm³/mol. The highest BCUT2D eigenvalue weighted by Gasteiger charge is 2.52. The van der Waals surface area contributed by atoms with Crippen LogP contribution in [0, 0.1) is 11.3 Å². The van der Waals surface area contributed by atoms with E-state index in [9.17, 15) is 4.79 Å². The van der Waals surface area contributed by atoms with Gasteiger partial charge in [0.2, 0.25) is 5.91 Å². The van der Waals surface area contributed by atoms with E-state index < -0.39 is 0 Å². The summed E-state index contributed by atoms with van der Waals surface area (Å²) in [5, 5.41) is 0. The predicted octanol–water partition coefficient (Wildman–Crippen LogP) is 4.44. The fraction of sp³-hybridized carbons (Fsp3) is 0.741. The van der Waals surface area contributed by atoms with Gasteiger partial charge in [-0.3, -0.25) is 4.79 Å². The molecular weight excluding hydrogens is 382 g/mol. The van der Waals surface area contributed by atoms with E-state index in [4.69, 9.17) is 0 Å². The molecule has 0 aliphatic carbocycles. The van der Waals surface area contributed by atoms with E-state index in [0.717, 1.165) is 51.4 Å². The average Bonchev–Trinajstić information content (AvgIpc) is 3.00. The van der Waals surface area contributed by atoms with E-state index in [2.05, 4.69) is 72.7 Å². The molecule has 0 saturated carbocycles. The molecular formula is C27H43N3O. The third-order valence-corrected chi connectivity index (χ3v) is 8.16. The van der Waals surface area contributed by atoms with Gasteiger partial charge in [0.25, 0.3) is 0 Å². The van der Waals surface area contributed by atoms with Gasteiger partial charge in [-0.25, -0.2) is 0 Å². The second-order valence-electron chi connectivity index (χ2n) is 11.1. The lowest BCUT2D eigenvalue weighted by molar-refractivity contribution is -0.140. The Balaban J connectivity index is 1.40. The normalized spacial score (nSPS) is 25.9. The molecule has 1 unspecified atom stereocenters. The molecule has 1 aromatic rings. The van der Waals surface area contributed by atoms with Crippen LogP contribution in [0.5, 0.6) is 0 Å². The summed E-state index contributed by atoms with van der Waals surface area (Å²) in [7, 11) is 0. The van der Waals surface area contributed by atoms with Gasteiger partial charge in [0.1, 0.15) is 0 Å². The molecule has 0 radical (unpaired) electrons. The molecule has 172 valence electrons. The SMILES string of the molecule is CC(C)CN1C(=O)C2(CCN(C3CCN(C(C)C)CC3)CC2)CC1Cc1ccccc1. The molecule has 1 aromatic carbocycles. The first kappa shape index (κ1) is 22.8. The molecule has 0 N–H and O–H groups in total. The molecule has 3 heterocycles. The number of benzene rings is 1. The molecule has 4 nitrogen and oxygen atoms in total. The zero-order valence-electron chi connectivity index (χ0n) is 20.2. The molecule has 1 spiro atoms. The van der Waals surface area contributed by atoms with Crippen LogP contribution in [0.1, 0.15) is 65.4 Å². The third-order valence-electron chi connectivity index (χ3n) is 8.16. The maximum atomic E-state index is 13.7. The quantitative estimate of drug-likeness (QED) is 0.674. The van der Waals surface area contributed by atoms with Crippen LogP contribution in [0.15, 0.2) is 30.3 Å². The lowest BCUT2D eigenvalue weighted by Crippen LogP contribution is -2.52. The fourth-order valence-electron chi connectivity index (χ4n) is 6.32. The molecule has 0 bridgehead atoms. The highest BCUT2D eigenvalue weighted by Crippen LogP contribution is 2.46. The monoisotopic (exact) mass is 425 g/mol. The Morgan fingerprint density at radius 2 is 1.61 bits per heavy atom. The van der Waals surface area contributed by atoms with Gasteiger partial charge < -0.3 is 14.7 Å². The Hall–Kier alpha value is -1.39. The first-order chi connectivity index (χ1) is 14.9. The summed E-state index contributed by atoms with van der Waals surface area (Å²) in [6.07, 6.45) is 6.72. The highest BCUT2D eigenvalue weighted by molar-refractivity contribution is 5.85. The van der Waals surface area contributed by atoms with Gasteiger partial charge in [0, 0.05) is 24.7 Å². The Morgan fingerprint density at radius 1 is 0.968 bits per heavy atom. The van der Waals surface area contributed by atoms with Crippen LogP contribution in [0.4, 0.5) is 0 Å². The van der Waals surface area contributed by atoms with Crippen LogP contribution >= 0.6 is 0 Å². The molecule has 4 heteroatoms. The van der Waals surface area contributed by atoms with Crippen molar-refractivity contribution in [3.63, 3.8) is 0 Å². The first-order valence-corrected chi connectivity index (χ1v) is 12.7. The number of hydrogen-bond acceptors (Lipinski definition) is 3. The van der Waals surface area contributed by atoms with Crippen LogP contribution in [0.3, 0.4) is 0 Å². The summed E-state index contributed by atoms with van der Waals surface area (Å²) >= 11 is 0. The lowest BCUT2D eigenvalue weighted by atomic mass is 9.75. The Morgan fingerprint density at radius 3 is 2.19 bits per heavy atom. The van der Waals surface area contributed by atoms with Crippen molar-refractivity contribution >= 4 is 5.91 Å². The van der Waals surface area contributed by atoms with Crippen molar-refractivity contribution in [2.75, 3.05) is 32.7 Å². The molecule has 4 rings (SSSR count). The van der Waals surface area contributed by atoms with Crippen LogP contribution in [0.25, 0.3) is 0 Å². The molecule has 31 heavy (non-hydrogen) atoms. The summed E-state index contributed by atoms with van der Waals surface area (Å²) in [4.78, 5) is 21.3. The van der Waals surface area contributed by atoms with E-state index in [1.54, 1.807) is 0 Å². The molecule has 1 amide bonds. The lowest BCUT2D eigenvalue weighted by Gasteiger charge is -2.45. The van der Waals surface area contributed by atoms with Crippen molar-refractivity contribution in [3.05, 3.63) is 35.9 Å². The maximum absolute atomic E-state index is 13.7. The summed E-state index contributed by atoms with van der Waals surface area (Å²) in [6, 6.07) is 12.5. The standard InChI is InChI=1S/C27H43N3O/c1-21(2)20-30-25(18-23-8-6-5-7-9-23)19-27(26(30)31)12-16-29(17-13-27)24-10-14-28(15-11-24)22(3)4/h5-9,21-22,24-25H,10-20H2,1-4H3. The number of carbonyl (C=O) groups excluding carboxylic acids is 1. The van der Waals surface area contributed by atoms with Crippen molar-refractivity contribution in [1.29, 1.82) is 0 Å². The number of rotatable bonds is 6. The van der Waals surface area contributed by atoms with Gasteiger partial charge in [-0.2, -0.15) is 0 Å². The number of carbonyl (C=O) groups is 1. The summed E-state index contributed by atoms with van der Waals surface area (Å²) in [5.74, 6) is 0.972. The number of nitrogens with zero attached hydrogens (tertiary/aromatic N) is 3. The third kappa shape index (κ3) is 5.01. The molecule has 3 aliphatic heterocycles. The molecule has 0 aromatic heterocycles. The van der Waals surface area contributed by atoms with Gasteiger partial charge in [0.15, 0.2) is 0 Å². The Bertz CT molecular complexity index is 715. The van der Waals surface area contributed by atoms with Gasteiger partial charge in [0.05, 0.1) is 5.41 Å².